The lowest BCUT2D eigenvalue weighted by Crippen LogP contribution is -2.32. The van der Waals surface area contributed by atoms with Gasteiger partial charge in [0.2, 0.25) is 0 Å². The van der Waals surface area contributed by atoms with E-state index in [2.05, 4.69) is 22.7 Å². The Balaban J connectivity index is 2.73. The highest BCUT2D eigenvalue weighted by Gasteiger charge is 2.18. The van der Waals surface area contributed by atoms with E-state index in [1.54, 1.807) is 13.3 Å². The molecule has 1 aromatic rings. The first kappa shape index (κ1) is 13.1. The Hall–Kier alpha value is -0.980. The maximum Gasteiger partial charge on any atom is 0.0771 e. The van der Waals surface area contributed by atoms with Crippen LogP contribution in [0.1, 0.15) is 38.4 Å². The summed E-state index contributed by atoms with van der Waals surface area (Å²) < 4.78 is 7.12. The molecule has 0 radical (unpaired) electrons. The second-order valence-corrected chi connectivity index (χ2v) is 3.88. The Morgan fingerprint density at radius 3 is 2.94 bits per heavy atom. The molecule has 0 aliphatic carbocycles. The van der Waals surface area contributed by atoms with Gasteiger partial charge in [-0.1, -0.05) is 12.1 Å². The summed E-state index contributed by atoms with van der Waals surface area (Å²) in [5, 5.41) is 7.96. The third kappa shape index (κ3) is 3.26. The molecule has 3 N–H and O–H groups in total. The smallest absolute Gasteiger partial charge is 0.0771 e. The standard InChI is InChI=1S/C10H21N5O/c1-4-5-15-10(7-12-14-15)9(13-11)6-8(2)16-3/h7-9,13H,4-6,11H2,1-3H3. The van der Waals surface area contributed by atoms with Crippen LogP contribution in [0, 0.1) is 0 Å². The summed E-state index contributed by atoms with van der Waals surface area (Å²) >= 11 is 0. The average molecular weight is 227 g/mol. The van der Waals surface area contributed by atoms with E-state index in [1.165, 1.54) is 0 Å². The predicted octanol–water partition coefficient (Wildman–Crippen LogP) is 0.618. The third-order valence-electron chi connectivity index (χ3n) is 2.61. The third-order valence-corrected chi connectivity index (χ3v) is 2.61. The molecule has 1 rings (SSSR count). The zero-order chi connectivity index (χ0) is 12.0. The number of hydrogen-bond acceptors (Lipinski definition) is 5. The lowest BCUT2D eigenvalue weighted by atomic mass is 10.1. The van der Waals surface area contributed by atoms with Gasteiger partial charge in [-0.2, -0.15) is 0 Å². The van der Waals surface area contributed by atoms with Crippen LogP contribution in [0.15, 0.2) is 6.20 Å². The van der Waals surface area contributed by atoms with Crippen molar-refractivity contribution in [1.29, 1.82) is 0 Å². The maximum absolute atomic E-state index is 5.56. The van der Waals surface area contributed by atoms with Crippen molar-refractivity contribution in [2.45, 2.75) is 45.4 Å². The summed E-state index contributed by atoms with van der Waals surface area (Å²) in [4.78, 5) is 0. The molecule has 0 saturated heterocycles. The van der Waals surface area contributed by atoms with Gasteiger partial charge < -0.3 is 4.74 Å². The molecule has 0 bridgehead atoms. The monoisotopic (exact) mass is 227 g/mol. The molecule has 0 spiro atoms. The first-order valence-electron chi connectivity index (χ1n) is 5.60. The minimum atomic E-state index is 0.0245. The van der Waals surface area contributed by atoms with Gasteiger partial charge in [0.05, 0.1) is 24.0 Å². The molecular weight excluding hydrogens is 206 g/mol. The minimum absolute atomic E-state index is 0.0245. The largest absolute Gasteiger partial charge is 0.382 e. The quantitative estimate of drug-likeness (QED) is 0.527. The van der Waals surface area contributed by atoms with E-state index in [1.807, 2.05) is 11.6 Å². The molecule has 92 valence electrons. The molecule has 0 fully saturated rings. The zero-order valence-electron chi connectivity index (χ0n) is 10.2. The van der Waals surface area contributed by atoms with Crippen molar-refractivity contribution >= 4 is 0 Å². The molecule has 6 heteroatoms. The van der Waals surface area contributed by atoms with Gasteiger partial charge in [-0.05, 0) is 19.8 Å². The fourth-order valence-corrected chi connectivity index (χ4v) is 1.62. The molecule has 0 aliphatic heterocycles. The Kier molecular flexibility index (Phi) is 5.37. The zero-order valence-corrected chi connectivity index (χ0v) is 10.2. The summed E-state index contributed by atoms with van der Waals surface area (Å²) in [5.74, 6) is 5.56. The number of ether oxygens (including phenoxy) is 1. The summed E-state index contributed by atoms with van der Waals surface area (Å²) in [7, 11) is 1.69. The number of rotatable bonds is 7. The molecule has 0 aromatic carbocycles. The summed E-state index contributed by atoms with van der Waals surface area (Å²) in [6, 6.07) is 0.0245. The highest BCUT2D eigenvalue weighted by molar-refractivity contribution is 5.02. The highest BCUT2D eigenvalue weighted by atomic mass is 16.5. The van der Waals surface area contributed by atoms with Crippen LogP contribution in [0.2, 0.25) is 0 Å². The van der Waals surface area contributed by atoms with Crippen molar-refractivity contribution in [1.82, 2.24) is 20.4 Å². The van der Waals surface area contributed by atoms with Crippen LogP contribution in [0.5, 0.6) is 0 Å². The van der Waals surface area contributed by atoms with Gasteiger partial charge >= 0.3 is 0 Å². The summed E-state index contributed by atoms with van der Waals surface area (Å²) in [6.07, 6.45) is 3.71. The van der Waals surface area contributed by atoms with Gasteiger partial charge in [0.15, 0.2) is 0 Å². The molecule has 1 aromatic heterocycles. The van der Waals surface area contributed by atoms with Crippen molar-refractivity contribution in [3.8, 4) is 0 Å². The molecular formula is C10H21N5O. The Morgan fingerprint density at radius 1 is 1.62 bits per heavy atom. The number of nitrogens with one attached hydrogen (secondary N) is 1. The van der Waals surface area contributed by atoms with E-state index in [0.29, 0.717) is 0 Å². The molecule has 1 heterocycles. The van der Waals surface area contributed by atoms with Crippen LogP contribution in [0.4, 0.5) is 0 Å². The van der Waals surface area contributed by atoms with Crippen LogP contribution >= 0.6 is 0 Å². The van der Waals surface area contributed by atoms with E-state index < -0.39 is 0 Å². The number of aryl methyl sites for hydroxylation is 1. The second-order valence-electron chi connectivity index (χ2n) is 3.88. The van der Waals surface area contributed by atoms with Crippen LogP contribution in [-0.4, -0.2) is 28.2 Å². The highest BCUT2D eigenvalue weighted by Crippen LogP contribution is 2.17. The minimum Gasteiger partial charge on any atom is -0.382 e. The van der Waals surface area contributed by atoms with Crippen LogP contribution in [0.25, 0.3) is 0 Å². The molecule has 2 unspecified atom stereocenters. The normalized spacial score (nSPS) is 15.0. The first-order chi connectivity index (χ1) is 7.72. The number of nitrogens with zero attached hydrogens (tertiary/aromatic N) is 3. The number of nitrogens with two attached hydrogens (primary N) is 1. The van der Waals surface area contributed by atoms with E-state index >= 15 is 0 Å². The number of methoxy groups -OCH3 is 1. The summed E-state index contributed by atoms with van der Waals surface area (Å²) in [6.45, 7) is 4.97. The van der Waals surface area contributed by atoms with Gasteiger partial charge in [0.25, 0.3) is 0 Å². The van der Waals surface area contributed by atoms with E-state index in [0.717, 1.165) is 25.1 Å². The second kappa shape index (κ2) is 6.57. The fraction of sp³-hybridized carbons (Fsp3) is 0.800. The summed E-state index contributed by atoms with van der Waals surface area (Å²) in [5.41, 5.74) is 3.80. The van der Waals surface area contributed by atoms with Crippen molar-refractivity contribution in [3.63, 3.8) is 0 Å². The first-order valence-corrected chi connectivity index (χ1v) is 5.60. The lowest BCUT2D eigenvalue weighted by molar-refractivity contribution is 0.0993. The van der Waals surface area contributed by atoms with Gasteiger partial charge in [0.1, 0.15) is 0 Å². The SMILES string of the molecule is CCCn1nncc1C(CC(C)OC)NN. The van der Waals surface area contributed by atoms with E-state index in [-0.39, 0.29) is 12.1 Å². The number of hydrogen-bond donors (Lipinski definition) is 2. The molecule has 0 amide bonds. The van der Waals surface area contributed by atoms with Crippen molar-refractivity contribution in [2.24, 2.45) is 5.84 Å². The van der Waals surface area contributed by atoms with Crippen molar-refractivity contribution in [2.75, 3.05) is 7.11 Å². The van der Waals surface area contributed by atoms with Gasteiger partial charge in [-0.25, -0.2) is 4.68 Å². The molecule has 0 aliphatic rings. The Morgan fingerprint density at radius 2 is 2.38 bits per heavy atom. The number of aromatic nitrogens is 3. The Bertz CT molecular complexity index is 301. The van der Waals surface area contributed by atoms with Crippen LogP contribution < -0.4 is 11.3 Å². The van der Waals surface area contributed by atoms with Crippen molar-refractivity contribution < 1.29 is 4.74 Å². The predicted molar refractivity (Wildman–Crippen MR) is 61.5 cm³/mol. The van der Waals surface area contributed by atoms with Crippen molar-refractivity contribution in [3.05, 3.63) is 11.9 Å². The van der Waals surface area contributed by atoms with Crippen LogP contribution in [0.3, 0.4) is 0 Å². The number of hydrazine groups is 1. The van der Waals surface area contributed by atoms with Gasteiger partial charge in [-0.3, -0.25) is 11.3 Å². The van der Waals surface area contributed by atoms with E-state index in [4.69, 9.17) is 10.6 Å². The molecule has 2 atom stereocenters. The lowest BCUT2D eigenvalue weighted by Gasteiger charge is -2.19. The maximum atomic E-state index is 5.56. The average Bonchev–Trinajstić information content (AvgIpc) is 2.74. The topological polar surface area (TPSA) is 78.0 Å². The van der Waals surface area contributed by atoms with Gasteiger partial charge in [-0.15, -0.1) is 5.10 Å². The molecule has 6 nitrogen and oxygen atoms in total. The Labute approximate surface area is 96.1 Å². The molecule has 16 heavy (non-hydrogen) atoms. The van der Waals surface area contributed by atoms with Crippen LogP contribution in [-0.2, 0) is 11.3 Å². The van der Waals surface area contributed by atoms with Gasteiger partial charge in [0, 0.05) is 13.7 Å². The molecule has 0 saturated carbocycles. The fourth-order valence-electron chi connectivity index (χ4n) is 1.62. The van der Waals surface area contributed by atoms with E-state index in [9.17, 15) is 0 Å².